The Bertz CT molecular complexity index is 756. The Labute approximate surface area is 178 Å². The highest BCUT2D eigenvalue weighted by molar-refractivity contribution is 6.50. The molecule has 2 aromatic carbocycles. The fourth-order valence-electron chi connectivity index (χ4n) is 4.24. The monoisotopic (exact) mass is 387 g/mol. The summed E-state index contributed by atoms with van der Waals surface area (Å²) >= 11 is 0. The second-order valence-corrected chi connectivity index (χ2v) is 9.42. The van der Waals surface area contributed by atoms with E-state index in [0.29, 0.717) is 23.7 Å². The number of rotatable bonds is 6. The number of hydrogen-bond donors (Lipinski definition) is 0. The highest BCUT2D eigenvalue weighted by Crippen LogP contribution is 2.40. The van der Waals surface area contributed by atoms with Crippen LogP contribution < -0.4 is 9.62 Å². The summed E-state index contributed by atoms with van der Waals surface area (Å²) in [5.74, 6) is 1.92. The van der Waals surface area contributed by atoms with Crippen LogP contribution in [0.15, 0.2) is 48.8 Å². The van der Waals surface area contributed by atoms with Crippen molar-refractivity contribution in [2.75, 3.05) is 9.62 Å². The van der Waals surface area contributed by atoms with Crippen LogP contribution in [0.25, 0.3) is 0 Å². The Morgan fingerprint density at radius 2 is 0.793 bits per heavy atom. The minimum Gasteiger partial charge on any atom is -0.564 e. The first-order valence-corrected chi connectivity index (χ1v) is 11.1. The summed E-state index contributed by atoms with van der Waals surface area (Å²) in [5, 5.41) is 0. The maximum Gasteiger partial charge on any atom is 0.00413 e. The molecule has 0 amide bonds. The molecule has 0 saturated carbocycles. The molecule has 29 heavy (non-hydrogen) atoms. The molecule has 154 valence electrons. The lowest BCUT2D eigenvalue weighted by Crippen LogP contribution is -2.32. The lowest BCUT2D eigenvalue weighted by Gasteiger charge is -2.42. The summed E-state index contributed by atoms with van der Waals surface area (Å²) in [6, 6.07) is 13.5. The van der Waals surface area contributed by atoms with Crippen LogP contribution in [0.1, 0.15) is 101 Å². The minimum absolute atomic E-state index is 0.480. The van der Waals surface area contributed by atoms with Crippen molar-refractivity contribution in [3.8, 4) is 0 Å². The fraction of sp³-hybridized carbons (Fsp3) is 0.462. The molecule has 0 bridgehead atoms. The van der Waals surface area contributed by atoms with Crippen LogP contribution in [0.2, 0.25) is 0 Å². The third-order valence-corrected chi connectivity index (χ3v) is 5.84. The molecule has 0 atom stereocenters. The van der Waals surface area contributed by atoms with Crippen LogP contribution in [-0.4, -0.2) is 7.55 Å². The molecule has 0 aromatic heterocycles. The number of para-hydroxylation sites is 2. The molecule has 1 aliphatic heterocycles. The molecule has 2 aromatic rings. The van der Waals surface area contributed by atoms with Gasteiger partial charge in [0.25, 0.3) is 0 Å². The highest BCUT2D eigenvalue weighted by Gasteiger charge is 2.19. The molecule has 1 aliphatic rings. The van der Waals surface area contributed by atoms with Crippen LogP contribution in [0, 0.1) is 0 Å². The molecule has 0 spiro atoms. The molecule has 0 unspecified atom stereocenters. The molecule has 0 aliphatic carbocycles. The van der Waals surface area contributed by atoms with Gasteiger partial charge in [-0.1, -0.05) is 99.3 Å². The van der Waals surface area contributed by atoms with Crippen LogP contribution >= 0.6 is 0 Å². The van der Waals surface area contributed by atoms with Gasteiger partial charge >= 0.3 is 0 Å². The van der Waals surface area contributed by atoms with E-state index >= 15 is 0 Å². The van der Waals surface area contributed by atoms with E-state index in [9.17, 15) is 0 Å². The van der Waals surface area contributed by atoms with Crippen molar-refractivity contribution in [2.45, 2.75) is 79.1 Å². The summed E-state index contributed by atoms with van der Waals surface area (Å²) in [7, 11) is 2.26. The number of benzene rings is 2. The first kappa shape index (κ1) is 21.6. The van der Waals surface area contributed by atoms with Crippen LogP contribution in [-0.2, 0) is 0 Å². The van der Waals surface area contributed by atoms with Gasteiger partial charge in [0.15, 0.2) is 0 Å². The van der Waals surface area contributed by atoms with Gasteiger partial charge in [-0.25, -0.2) is 0 Å². The predicted molar refractivity (Wildman–Crippen MR) is 129 cm³/mol. The van der Waals surface area contributed by atoms with E-state index in [1.807, 2.05) is 0 Å². The lowest BCUT2D eigenvalue weighted by molar-refractivity contribution is 0.832. The van der Waals surface area contributed by atoms with Crippen molar-refractivity contribution in [3.63, 3.8) is 0 Å². The second kappa shape index (κ2) is 8.69. The standard InChI is InChI=1S/C26H36BN2/c1-17(2)21-11-9-12-22(18(3)4)25(21)28-15-16-29(27-28)26-23(19(5)6)13-10-14-24(26)20(7)8/h9-20H,1-8H3/q-1. The zero-order chi connectivity index (χ0) is 21.3. The van der Waals surface area contributed by atoms with Crippen molar-refractivity contribution < 1.29 is 0 Å². The molecule has 0 saturated heterocycles. The van der Waals surface area contributed by atoms with Crippen molar-refractivity contribution in [3.05, 3.63) is 71.1 Å². The van der Waals surface area contributed by atoms with Crippen molar-refractivity contribution in [1.82, 2.24) is 0 Å². The van der Waals surface area contributed by atoms with E-state index in [4.69, 9.17) is 0 Å². The van der Waals surface area contributed by atoms with Crippen molar-refractivity contribution >= 4 is 18.9 Å². The van der Waals surface area contributed by atoms with Gasteiger partial charge < -0.3 is 9.62 Å². The van der Waals surface area contributed by atoms with E-state index in [1.54, 1.807) is 0 Å². The third-order valence-electron chi connectivity index (χ3n) is 5.84. The Hall–Kier alpha value is -2.16. The van der Waals surface area contributed by atoms with Gasteiger partial charge in [0, 0.05) is 11.4 Å². The molecule has 3 heteroatoms. The molecule has 0 fully saturated rings. The van der Waals surface area contributed by atoms with Gasteiger partial charge in [-0.05, 0) is 58.3 Å². The lowest BCUT2D eigenvalue weighted by atomic mass is 9.87. The molecule has 2 radical (unpaired) electrons. The number of nitrogens with zero attached hydrogens (tertiary/aromatic N) is 2. The van der Waals surface area contributed by atoms with Gasteiger partial charge in [0.05, 0.1) is 0 Å². The largest absolute Gasteiger partial charge is 0.564 e. The Morgan fingerprint density at radius 1 is 0.517 bits per heavy atom. The van der Waals surface area contributed by atoms with E-state index in [2.05, 4.69) is 121 Å². The fourth-order valence-corrected chi connectivity index (χ4v) is 4.24. The molecular weight excluding hydrogens is 351 g/mol. The second-order valence-electron chi connectivity index (χ2n) is 9.42. The Morgan fingerprint density at radius 3 is 1.03 bits per heavy atom. The minimum atomic E-state index is 0.480. The molecule has 1 heterocycles. The maximum absolute atomic E-state index is 2.33. The average Bonchev–Trinajstić information content (AvgIpc) is 3.15. The average molecular weight is 387 g/mol. The molecule has 2 nitrogen and oxygen atoms in total. The van der Waals surface area contributed by atoms with Crippen LogP contribution in [0.4, 0.5) is 11.4 Å². The SMILES string of the molecule is CC(C)c1cccc(C(C)C)c1N1[B-]N(c2c(C(C)C)cccc2C(C)C)C=C1. The summed E-state index contributed by atoms with van der Waals surface area (Å²) in [5.41, 5.74) is 8.29. The van der Waals surface area contributed by atoms with Gasteiger partial charge in [0.1, 0.15) is 0 Å². The van der Waals surface area contributed by atoms with Gasteiger partial charge in [-0.2, -0.15) is 0 Å². The first-order valence-electron chi connectivity index (χ1n) is 11.1. The summed E-state index contributed by atoms with van der Waals surface area (Å²) in [4.78, 5) is 4.65. The van der Waals surface area contributed by atoms with Crippen molar-refractivity contribution in [1.29, 1.82) is 0 Å². The smallest absolute Gasteiger partial charge is 0.00413 e. The van der Waals surface area contributed by atoms with E-state index in [-0.39, 0.29) is 0 Å². The zero-order valence-electron chi connectivity index (χ0n) is 19.4. The summed E-state index contributed by atoms with van der Waals surface area (Å²) in [6.07, 6.45) is 4.43. The highest BCUT2D eigenvalue weighted by atomic mass is 15.2. The van der Waals surface area contributed by atoms with Gasteiger partial charge in [-0.3, -0.25) is 0 Å². The summed E-state index contributed by atoms with van der Waals surface area (Å²) in [6.45, 7) is 18.3. The normalized spacial score (nSPS) is 14.3. The molecular formula is C26H36BN2-. The number of anilines is 2. The predicted octanol–water partition coefficient (Wildman–Crippen LogP) is 7.51. The van der Waals surface area contributed by atoms with Crippen molar-refractivity contribution in [2.24, 2.45) is 0 Å². The molecule has 3 rings (SSSR count). The van der Waals surface area contributed by atoms with Crippen LogP contribution in [0.3, 0.4) is 0 Å². The first-order chi connectivity index (χ1) is 13.7. The third kappa shape index (κ3) is 4.24. The quantitative estimate of drug-likeness (QED) is 0.473. The zero-order valence-corrected chi connectivity index (χ0v) is 19.4. The molecule has 0 N–H and O–H groups in total. The van der Waals surface area contributed by atoms with E-state index in [1.165, 1.54) is 33.6 Å². The Balaban J connectivity index is 2.05. The number of hydrogen-bond acceptors (Lipinski definition) is 2. The maximum atomic E-state index is 2.33. The summed E-state index contributed by atoms with van der Waals surface area (Å²) < 4.78 is 0. The van der Waals surface area contributed by atoms with Gasteiger partial charge in [-0.15, -0.1) is 0 Å². The van der Waals surface area contributed by atoms with E-state index < -0.39 is 0 Å². The van der Waals surface area contributed by atoms with Gasteiger partial charge in [0.2, 0.25) is 0 Å². The topological polar surface area (TPSA) is 6.48 Å². The van der Waals surface area contributed by atoms with E-state index in [0.717, 1.165) is 0 Å². The van der Waals surface area contributed by atoms with Crippen LogP contribution in [0.5, 0.6) is 0 Å². The Kier molecular flexibility index (Phi) is 6.46.